The SMILES string of the molecule is COc1cc(C)c(OC)c(C)c1C(O)c1cccnc1. The van der Waals surface area contributed by atoms with Crippen molar-refractivity contribution in [1.29, 1.82) is 0 Å². The van der Waals surface area contributed by atoms with Crippen molar-refractivity contribution >= 4 is 0 Å². The number of aliphatic hydroxyl groups excluding tert-OH is 1. The van der Waals surface area contributed by atoms with Crippen molar-refractivity contribution in [3.63, 3.8) is 0 Å². The molecule has 1 N–H and O–H groups in total. The maximum atomic E-state index is 10.6. The summed E-state index contributed by atoms with van der Waals surface area (Å²) >= 11 is 0. The molecule has 1 aromatic heterocycles. The molecular weight excluding hydrogens is 254 g/mol. The van der Waals surface area contributed by atoms with Gasteiger partial charge in [-0.15, -0.1) is 0 Å². The molecule has 0 radical (unpaired) electrons. The maximum Gasteiger partial charge on any atom is 0.125 e. The van der Waals surface area contributed by atoms with Gasteiger partial charge < -0.3 is 14.6 Å². The van der Waals surface area contributed by atoms with Gasteiger partial charge in [-0.2, -0.15) is 0 Å². The Morgan fingerprint density at radius 3 is 2.50 bits per heavy atom. The maximum absolute atomic E-state index is 10.6. The number of aryl methyl sites for hydroxylation is 1. The Morgan fingerprint density at radius 1 is 1.20 bits per heavy atom. The van der Waals surface area contributed by atoms with Crippen molar-refractivity contribution in [2.45, 2.75) is 20.0 Å². The average Bonchev–Trinajstić information content (AvgIpc) is 2.47. The zero-order chi connectivity index (χ0) is 14.7. The van der Waals surface area contributed by atoms with Crippen LogP contribution >= 0.6 is 0 Å². The molecule has 0 fully saturated rings. The number of rotatable bonds is 4. The van der Waals surface area contributed by atoms with E-state index in [1.165, 1.54) is 0 Å². The lowest BCUT2D eigenvalue weighted by Crippen LogP contribution is -2.07. The van der Waals surface area contributed by atoms with Crippen LogP contribution in [0.5, 0.6) is 11.5 Å². The highest BCUT2D eigenvalue weighted by molar-refractivity contribution is 5.55. The second-order valence-electron chi connectivity index (χ2n) is 4.66. The Labute approximate surface area is 119 Å². The van der Waals surface area contributed by atoms with Crippen molar-refractivity contribution in [2.75, 3.05) is 14.2 Å². The normalized spacial score (nSPS) is 12.1. The number of ether oxygens (including phenoxy) is 2. The first-order valence-corrected chi connectivity index (χ1v) is 6.40. The molecule has 0 aliphatic carbocycles. The summed E-state index contributed by atoms with van der Waals surface area (Å²) in [5.74, 6) is 1.42. The lowest BCUT2D eigenvalue weighted by Gasteiger charge is -2.21. The molecule has 4 nitrogen and oxygen atoms in total. The quantitative estimate of drug-likeness (QED) is 0.930. The predicted molar refractivity (Wildman–Crippen MR) is 77.3 cm³/mol. The molecule has 20 heavy (non-hydrogen) atoms. The molecule has 0 aliphatic rings. The fourth-order valence-electron chi connectivity index (χ4n) is 2.47. The smallest absolute Gasteiger partial charge is 0.125 e. The molecule has 2 rings (SSSR count). The minimum Gasteiger partial charge on any atom is -0.496 e. The second-order valence-corrected chi connectivity index (χ2v) is 4.66. The molecule has 0 bridgehead atoms. The monoisotopic (exact) mass is 273 g/mol. The third-order valence-corrected chi connectivity index (χ3v) is 3.41. The van der Waals surface area contributed by atoms with Gasteiger partial charge >= 0.3 is 0 Å². The number of hydrogen-bond donors (Lipinski definition) is 1. The lowest BCUT2D eigenvalue weighted by molar-refractivity contribution is 0.212. The average molecular weight is 273 g/mol. The first-order chi connectivity index (χ1) is 9.60. The van der Waals surface area contributed by atoms with E-state index in [0.29, 0.717) is 11.3 Å². The molecule has 1 heterocycles. The van der Waals surface area contributed by atoms with Crippen LogP contribution in [-0.4, -0.2) is 24.3 Å². The van der Waals surface area contributed by atoms with E-state index >= 15 is 0 Å². The largest absolute Gasteiger partial charge is 0.496 e. The number of methoxy groups -OCH3 is 2. The van der Waals surface area contributed by atoms with Crippen molar-refractivity contribution in [3.05, 3.63) is 52.8 Å². The summed E-state index contributed by atoms with van der Waals surface area (Å²) in [6.45, 7) is 3.87. The first-order valence-electron chi connectivity index (χ1n) is 6.40. The summed E-state index contributed by atoms with van der Waals surface area (Å²) in [6, 6.07) is 5.51. The molecular formula is C16H19NO3. The van der Waals surface area contributed by atoms with E-state index in [0.717, 1.165) is 22.4 Å². The fraction of sp³-hybridized carbons (Fsp3) is 0.312. The van der Waals surface area contributed by atoms with E-state index in [2.05, 4.69) is 4.98 Å². The Morgan fingerprint density at radius 2 is 1.95 bits per heavy atom. The second kappa shape index (κ2) is 5.92. The Bertz CT molecular complexity index is 596. The van der Waals surface area contributed by atoms with Gasteiger partial charge in [0.15, 0.2) is 0 Å². The summed E-state index contributed by atoms with van der Waals surface area (Å²) in [7, 11) is 3.22. The van der Waals surface area contributed by atoms with Gasteiger partial charge in [-0.1, -0.05) is 6.07 Å². The zero-order valence-corrected chi connectivity index (χ0v) is 12.2. The molecule has 1 aromatic carbocycles. The highest BCUT2D eigenvalue weighted by Gasteiger charge is 2.22. The summed E-state index contributed by atoms with van der Waals surface area (Å²) in [4.78, 5) is 4.04. The molecule has 1 unspecified atom stereocenters. The van der Waals surface area contributed by atoms with Crippen LogP contribution in [0.15, 0.2) is 30.6 Å². The summed E-state index contributed by atoms with van der Waals surface area (Å²) in [6.07, 6.45) is 2.53. The van der Waals surface area contributed by atoms with Crippen LogP contribution in [0.25, 0.3) is 0 Å². The molecule has 2 aromatic rings. The third kappa shape index (κ3) is 2.47. The molecule has 0 amide bonds. The van der Waals surface area contributed by atoms with Gasteiger partial charge in [0, 0.05) is 29.1 Å². The molecule has 1 atom stereocenters. The summed E-state index contributed by atoms with van der Waals surface area (Å²) in [5, 5.41) is 10.6. The van der Waals surface area contributed by atoms with E-state index in [9.17, 15) is 5.11 Å². The molecule has 0 aliphatic heterocycles. The van der Waals surface area contributed by atoms with Crippen LogP contribution < -0.4 is 9.47 Å². The van der Waals surface area contributed by atoms with Crippen LogP contribution in [0.1, 0.15) is 28.4 Å². The van der Waals surface area contributed by atoms with E-state index in [1.54, 1.807) is 32.7 Å². The Hall–Kier alpha value is -2.07. The summed E-state index contributed by atoms with van der Waals surface area (Å²) in [5.41, 5.74) is 3.28. The van der Waals surface area contributed by atoms with Crippen LogP contribution in [0.4, 0.5) is 0 Å². The Balaban J connectivity index is 2.60. The molecule has 0 saturated heterocycles. The molecule has 4 heteroatoms. The topological polar surface area (TPSA) is 51.6 Å². The number of nitrogens with zero attached hydrogens (tertiary/aromatic N) is 1. The van der Waals surface area contributed by atoms with Gasteiger partial charge in [-0.05, 0) is 31.5 Å². The highest BCUT2D eigenvalue weighted by atomic mass is 16.5. The van der Waals surface area contributed by atoms with Crippen molar-refractivity contribution in [2.24, 2.45) is 0 Å². The minimum absolute atomic E-state index is 0.650. The number of benzene rings is 1. The van der Waals surface area contributed by atoms with Crippen LogP contribution in [-0.2, 0) is 0 Å². The zero-order valence-electron chi connectivity index (χ0n) is 12.2. The molecule has 0 saturated carbocycles. The highest BCUT2D eigenvalue weighted by Crippen LogP contribution is 2.39. The van der Waals surface area contributed by atoms with Gasteiger partial charge in [0.1, 0.15) is 17.6 Å². The van der Waals surface area contributed by atoms with Crippen LogP contribution in [0, 0.1) is 13.8 Å². The number of aromatic nitrogens is 1. The minimum atomic E-state index is -0.798. The van der Waals surface area contributed by atoms with Gasteiger partial charge in [-0.25, -0.2) is 0 Å². The van der Waals surface area contributed by atoms with E-state index < -0.39 is 6.10 Å². The van der Waals surface area contributed by atoms with Crippen molar-refractivity contribution in [3.8, 4) is 11.5 Å². The standard InChI is InChI=1S/C16H19NO3/c1-10-8-13(19-3)14(11(2)16(10)20-4)15(18)12-6-5-7-17-9-12/h5-9,15,18H,1-4H3. The lowest BCUT2D eigenvalue weighted by atomic mass is 9.94. The van der Waals surface area contributed by atoms with E-state index in [-0.39, 0.29) is 0 Å². The number of hydrogen-bond acceptors (Lipinski definition) is 4. The first kappa shape index (κ1) is 14.3. The predicted octanol–water partition coefficient (Wildman–Crippen LogP) is 2.80. The van der Waals surface area contributed by atoms with Crippen molar-refractivity contribution < 1.29 is 14.6 Å². The van der Waals surface area contributed by atoms with Gasteiger partial charge in [0.05, 0.1) is 14.2 Å². The summed E-state index contributed by atoms with van der Waals surface area (Å²) < 4.78 is 10.8. The Kier molecular flexibility index (Phi) is 4.25. The van der Waals surface area contributed by atoms with E-state index in [1.807, 2.05) is 26.0 Å². The van der Waals surface area contributed by atoms with Gasteiger partial charge in [0.25, 0.3) is 0 Å². The van der Waals surface area contributed by atoms with E-state index in [4.69, 9.17) is 9.47 Å². The van der Waals surface area contributed by atoms with Gasteiger partial charge in [-0.3, -0.25) is 4.98 Å². The van der Waals surface area contributed by atoms with Crippen LogP contribution in [0.3, 0.4) is 0 Å². The van der Waals surface area contributed by atoms with Crippen molar-refractivity contribution in [1.82, 2.24) is 4.98 Å². The fourth-order valence-corrected chi connectivity index (χ4v) is 2.47. The third-order valence-electron chi connectivity index (χ3n) is 3.41. The van der Waals surface area contributed by atoms with Gasteiger partial charge in [0.2, 0.25) is 0 Å². The molecule has 106 valence electrons. The number of pyridine rings is 1. The number of aliphatic hydroxyl groups is 1. The van der Waals surface area contributed by atoms with Crippen LogP contribution in [0.2, 0.25) is 0 Å². The molecule has 0 spiro atoms.